The number of carbonyl (C=O) groups is 1. The first kappa shape index (κ1) is 20.9. The van der Waals surface area contributed by atoms with Gasteiger partial charge in [0.2, 0.25) is 15.9 Å². The SMILES string of the molecule is CCN(CC)S(=O)(=O)c1ccc2c(c1)nnn2CCCC(=O)Nc1cc(C)on1. The average molecular weight is 420 g/mol. The molecule has 0 bridgehead atoms. The number of carbonyl (C=O) groups excluding carboxylic acids is 1. The van der Waals surface area contributed by atoms with Gasteiger partial charge in [-0.15, -0.1) is 5.10 Å². The van der Waals surface area contributed by atoms with Crippen LogP contribution in [0.4, 0.5) is 5.82 Å². The van der Waals surface area contributed by atoms with E-state index in [2.05, 4.69) is 20.8 Å². The standard InChI is InChI=1S/C18H24N6O4S/c1-4-23(5-2)29(26,27)14-8-9-16-15(12-14)20-22-24(16)10-6-7-18(25)19-17-11-13(3)28-21-17/h8-9,11-12H,4-7,10H2,1-3H3,(H,19,21,25). The lowest BCUT2D eigenvalue weighted by Crippen LogP contribution is -2.30. The van der Waals surface area contributed by atoms with Gasteiger partial charge >= 0.3 is 0 Å². The lowest BCUT2D eigenvalue weighted by molar-refractivity contribution is -0.116. The van der Waals surface area contributed by atoms with E-state index in [0.29, 0.717) is 43.1 Å². The Morgan fingerprint density at radius 1 is 1.24 bits per heavy atom. The van der Waals surface area contributed by atoms with Crippen LogP contribution in [-0.2, 0) is 21.4 Å². The largest absolute Gasteiger partial charge is 0.360 e. The van der Waals surface area contributed by atoms with Gasteiger partial charge in [0.15, 0.2) is 5.82 Å². The molecular weight excluding hydrogens is 396 g/mol. The van der Waals surface area contributed by atoms with Crippen molar-refractivity contribution in [1.82, 2.24) is 24.5 Å². The third-order valence-corrected chi connectivity index (χ3v) is 6.54. The fourth-order valence-electron chi connectivity index (χ4n) is 3.01. The smallest absolute Gasteiger partial charge is 0.243 e. The molecule has 0 atom stereocenters. The molecule has 0 aliphatic rings. The summed E-state index contributed by atoms with van der Waals surface area (Å²) in [6, 6.07) is 6.44. The van der Waals surface area contributed by atoms with Crippen molar-refractivity contribution < 1.29 is 17.7 Å². The predicted octanol–water partition coefficient (Wildman–Crippen LogP) is 2.18. The number of hydrogen-bond donors (Lipinski definition) is 1. The zero-order chi connectivity index (χ0) is 21.0. The highest BCUT2D eigenvalue weighted by Gasteiger charge is 2.22. The minimum atomic E-state index is -3.55. The van der Waals surface area contributed by atoms with E-state index in [-0.39, 0.29) is 17.2 Å². The van der Waals surface area contributed by atoms with Crippen LogP contribution in [0.3, 0.4) is 0 Å². The van der Waals surface area contributed by atoms with Crippen LogP contribution in [0.15, 0.2) is 33.7 Å². The molecule has 1 N–H and O–H groups in total. The molecule has 0 spiro atoms. The molecule has 3 rings (SSSR count). The summed E-state index contributed by atoms with van der Waals surface area (Å²) in [5.74, 6) is 0.840. The average Bonchev–Trinajstić information content (AvgIpc) is 3.28. The molecule has 0 saturated heterocycles. The van der Waals surface area contributed by atoms with Crippen molar-refractivity contribution in [3.8, 4) is 0 Å². The molecule has 0 radical (unpaired) electrons. The molecule has 0 fully saturated rings. The summed E-state index contributed by atoms with van der Waals surface area (Å²) >= 11 is 0. The summed E-state index contributed by atoms with van der Waals surface area (Å²) in [5.41, 5.74) is 1.22. The Kier molecular flexibility index (Phi) is 6.28. The molecule has 2 aromatic heterocycles. The summed E-state index contributed by atoms with van der Waals surface area (Å²) in [6.45, 7) is 6.63. The Bertz CT molecular complexity index is 1100. The lowest BCUT2D eigenvalue weighted by Gasteiger charge is -2.18. The van der Waals surface area contributed by atoms with E-state index < -0.39 is 10.0 Å². The van der Waals surface area contributed by atoms with Crippen LogP contribution in [0.25, 0.3) is 11.0 Å². The molecule has 2 heterocycles. The summed E-state index contributed by atoms with van der Waals surface area (Å²) in [4.78, 5) is 12.2. The zero-order valence-corrected chi connectivity index (χ0v) is 17.4. The van der Waals surface area contributed by atoms with Crippen molar-refractivity contribution in [1.29, 1.82) is 0 Å². The fraction of sp³-hybridized carbons (Fsp3) is 0.444. The highest BCUT2D eigenvalue weighted by atomic mass is 32.2. The number of hydrogen-bond acceptors (Lipinski definition) is 7. The minimum Gasteiger partial charge on any atom is -0.360 e. The second kappa shape index (κ2) is 8.70. The molecular formula is C18H24N6O4S. The first-order chi connectivity index (χ1) is 13.8. The van der Waals surface area contributed by atoms with Gasteiger partial charge in [-0.2, -0.15) is 4.31 Å². The quantitative estimate of drug-likeness (QED) is 0.563. The second-order valence-electron chi connectivity index (χ2n) is 6.53. The third-order valence-electron chi connectivity index (χ3n) is 4.50. The highest BCUT2D eigenvalue weighted by Crippen LogP contribution is 2.21. The van der Waals surface area contributed by atoms with Gasteiger partial charge in [0.05, 0.1) is 10.4 Å². The molecule has 0 unspecified atom stereocenters. The van der Waals surface area contributed by atoms with Crippen LogP contribution in [-0.4, -0.2) is 51.9 Å². The first-order valence-corrected chi connectivity index (χ1v) is 10.9. The van der Waals surface area contributed by atoms with E-state index in [9.17, 15) is 13.2 Å². The number of aryl methyl sites for hydroxylation is 2. The van der Waals surface area contributed by atoms with Gasteiger partial charge in [-0.25, -0.2) is 13.1 Å². The van der Waals surface area contributed by atoms with Gasteiger partial charge < -0.3 is 9.84 Å². The normalized spacial score (nSPS) is 12.0. The van der Waals surface area contributed by atoms with E-state index in [1.165, 1.54) is 10.4 Å². The molecule has 0 saturated carbocycles. The van der Waals surface area contributed by atoms with Crippen molar-refractivity contribution >= 4 is 32.8 Å². The van der Waals surface area contributed by atoms with Crippen molar-refractivity contribution in [3.05, 3.63) is 30.0 Å². The van der Waals surface area contributed by atoms with Crippen molar-refractivity contribution in [2.45, 2.75) is 45.1 Å². The number of nitrogens with one attached hydrogen (secondary N) is 1. The van der Waals surface area contributed by atoms with Crippen LogP contribution < -0.4 is 5.32 Å². The maximum Gasteiger partial charge on any atom is 0.243 e. The highest BCUT2D eigenvalue weighted by molar-refractivity contribution is 7.89. The summed E-state index contributed by atoms with van der Waals surface area (Å²) in [6.07, 6.45) is 0.822. The van der Waals surface area contributed by atoms with Crippen molar-refractivity contribution in [2.75, 3.05) is 18.4 Å². The number of nitrogens with zero attached hydrogens (tertiary/aromatic N) is 5. The van der Waals surface area contributed by atoms with Gasteiger partial charge in [0, 0.05) is 32.1 Å². The van der Waals surface area contributed by atoms with E-state index in [1.54, 1.807) is 43.7 Å². The van der Waals surface area contributed by atoms with Gasteiger partial charge in [-0.1, -0.05) is 24.2 Å². The van der Waals surface area contributed by atoms with Gasteiger partial charge in [0.1, 0.15) is 11.3 Å². The Morgan fingerprint density at radius 2 is 2.00 bits per heavy atom. The molecule has 3 aromatic rings. The Morgan fingerprint density at radius 3 is 2.66 bits per heavy atom. The van der Waals surface area contributed by atoms with Crippen LogP contribution >= 0.6 is 0 Å². The first-order valence-electron chi connectivity index (χ1n) is 9.41. The van der Waals surface area contributed by atoms with Gasteiger partial charge in [0.25, 0.3) is 0 Å². The molecule has 0 aliphatic carbocycles. The molecule has 1 amide bonds. The topological polar surface area (TPSA) is 123 Å². The molecule has 10 nitrogen and oxygen atoms in total. The van der Waals surface area contributed by atoms with Crippen molar-refractivity contribution in [3.63, 3.8) is 0 Å². The Balaban J connectivity index is 1.65. The number of aromatic nitrogens is 4. The van der Waals surface area contributed by atoms with Crippen molar-refractivity contribution in [2.24, 2.45) is 0 Å². The predicted molar refractivity (Wildman–Crippen MR) is 107 cm³/mol. The number of rotatable bonds is 9. The number of fused-ring (bicyclic) bond motifs is 1. The lowest BCUT2D eigenvalue weighted by atomic mass is 10.2. The minimum absolute atomic E-state index is 0.171. The number of sulfonamides is 1. The molecule has 1 aromatic carbocycles. The van der Waals surface area contributed by atoms with Gasteiger partial charge in [-0.05, 0) is 31.5 Å². The number of amides is 1. The Labute approximate surface area is 168 Å². The van der Waals surface area contributed by atoms with E-state index in [0.717, 1.165) is 5.52 Å². The number of anilines is 1. The Hall–Kier alpha value is -2.79. The molecule has 0 aliphatic heterocycles. The van der Waals surface area contributed by atoms with Crippen LogP contribution in [0.1, 0.15) is 32.4 Å². The van der Waals surface area contributed by atoms with E-state index >= 15 is 0 Å². The maximum atomic E-state index is 12.7. The molecule has 156 valence electrons. The molecule has 11 heteroatoms. The van der Waals surface area contributed by atoms with Crippen LogP contribution in [0.2, 0.25) is 0 Å². The fourth-order valence-corrected chi connectivity index (χ4v) is 4.49. The zero-order valence-electron chi connectivity index (χ0n) is 16.6. The van der Waals surface area contributed by atoms with Gasteiger partial charge in [-0.3, -0.25) is 4.79 Å². The van der Waals surface area contributed by atoms with E-state index in [1.807, 2.05) is 0 Å². The van der Waals surface area contributed by atoms with Crippen LogP contribution in [0, 0.1) is 6.92 Å². The summed E-state index contributed by atoms with van der Waals surface area (Å²) < 4.78 is 33.3. The third kappa shape index (κ3) is 4.62. The number of benzene rings is 1. The second-order valence-corrected chi connectivity index (χ2v) is 8.46. The monoisotopic (exact) mass is 420 g/mol. The molecule has 29 heavy (non-hydrogen) atoms. The van der Waals surface area contributed by atoms with E-state index in [4.69, 9.17) is 4.52 Å². The van der Waals surface area contributed by atoms with Crippen LogP contribution in [0.5, 0.6) is 0 Å². The summed E-state index contributed by atoms with van der Waals surface area (Å²) in [5, 5.41) is 14.6. The maximum absolute atomic E-state index is 12.7. The summed E-state index contributed by atoms with van der Waals surface area (Å²) in [7, 11) is -3.55.